The lowest BCUT2D eigenvalue weighted by Crippen LogP contribution is -2.31. The van der Waals surface area contributed by atoms with Crippen LogP contribution in [0.4, 0.5) is 11.4 Å². The lowest BCUT2D eigenvalue weighted by atomic mass is 10.1. The SMILES string of the molecule is Cc1ccccc1-c1nc(C(=O)Nc2ccc(N3CCC(N(C)C)C3)cc2)cs1. The molecule has 1 unspecified atom stereocenters. The van der Waals surface area contributed by atoms with Crippen molar-refractivity contribution < 1.29 is 4.79 Å². The van der Waals surface area contributed by atoms with Crippen LogP contribution in [0.15, 0.2) is 53.9 Å². The van der Waals surface area contributed by atoms with E-state index in [9.17, 15) is 4.79 Å². The molecule has 1 fully saturated rings. The van der Waals surface area contributed by atoms with E-state index >= 15 is 0 Å². The molecule has 1 saturated heterocycles. The Morgan fingerprint density at radius 1 is 1.17 bits per heavy atom. The summed E-state index contributed by atoms with van der Waals surface area (Å²) in [6.45, 7) is 4.16. The Morgan fingerprint density at radius 2 is 1.93 bits per heavy atom. The van der Waals surface area contributed by atoms with Crippen LogP contribution in [0.2, 0.25) is 0 Å². The van der Waals surface area contributed by atoms with E-state index in [1.54, 1.807) is 0 Å². The maximum absolute atomic E-state index is 12.6. The molecule has 1 aliphatic heterocycles. The Morgan fingerprint density at radius 3 is 2.62 bits per heavy atom. The standard InChI is InChI=1S/C23H26N4OS/c1-16-6-4-5-7-20(16)23-25-21(15-29-23)22(28)24-17-8-10-18(11-9-17)27-13-12-19(14-27)26(2)3/h4-11,15,19H,12-14H2,1-3H3,(H,24,28). The molecule has 1 aromatic heterocycles. The maximum atomic E-state index is 12.6. The van der Waals surface area contributed by atoms with Gasteiger partial charge in [0.1, 0.15) is 10.7 Å². The van der Waals surface area contributed by atoms with Crippen molar-refractivity contribution in [3.63, 3.8) is 0 Å². The van der Waals surface area contributed by atoms with E-state index in [4.69, 9.17) is 0 Å². The fraction of sp³-hybridized carbons (Fsp3) is 0.304. The third-order valence-corrected chi connectivity index (χ3v) is 6.37. The first-order valence-electron chi connectivity index (χ1n) is 9.85. The van der Waals surface area contributed by atoms with Gasteiger partial charge in [0.05, 0.1) is 0 Å². The van der Waals surface area contributed by atoms with E-state index in [1.165, 1.54) is 23.4 Å². The summed E-state index contributed by atoms with van der Waals surface area (Å²) in [4.78, 5) is 21.8. The van der Waals surface area contributed by atoms with Crippen LogP contribution in [0.5, 0.6) is 0 Å². The molecule has 1 amide bonds. The molecule has 2 heterocycles. The van der Waals surface area contributed by atoms with Crippen molar-refractivity contribution in [2.24, 2.45) is 0 Å². The summed E-state index contributed by atoms with van der Waals surface area (Å²) in [5.74, 6) is -0.178. The van der Waals surface area contributed by atoms with Gasteiger partial charge in [-0.3, -0.25) is 4.79 Å². The second-order valence-electron chi connectivity index (χ2n) is 7.71. The summed E-state index contributed by atoms with van der Waals surface area (Å²) in [6.07, 6.45) is 1.18. The molecule has 0 saturated carbocycles. The number of anilines is 2. The number of hydrogen-bond acceptors (Lipinski definition) is 5. The lowest BCUT2D eigenvalue weighted by molar-refractivity contribution is 0.102. The van der Waals surface area contributed by atoms with Crippen LogP contribution in [-0.4, -0.2) is 49.0 Å². The van der Waals surface area contributed by atoms with Crippen LogP contribution in [0.25, 0.3) is 10.6 Å². The quantitative estimate of drug-likeness (QED) is 0.677. The molecule has 3 aromatic rings. The van der Waals surface area contributed by atoms with Crippen LogP contribution in [0, 0.1) is 6.92 Å². The van der Waals surface area contributed by atoms with E-state index in [2.05, 4.69) is 59.3 Å². The number of nitrogens with zero attached hydrogens (tertiary/aromatic N) is 3. The van der Waals surface area contributed by atoms with Crippen molar-refractivity contribution in [3.8, 4) is 10.6 Å². The topological polar surface area (TPSA) is 48.5 Å². The summed E-state index contributed by atoms with van der Waals surface area (Å²) >= 11 is 1.49. The van der Waals surface area contributed by atoms with Gasteiger partial charge in [0, 0.05) is 41.4 Å². The monoisotopic (exact) mass is 406 g/mol. The zero-order valence-electron chi connectivity index (χ0n) is 17.1. The summed E-state index contributed by atoms with van der Waals surface area (Å²) in [5.41, 5.74) is 4.66. The van der Waals surface area contributed by atoms with Gasteiger partial charge in [0.25, 0.3) is 5.91 Å². The van der Waals surface area contributed by atoms with Crippen LogP contribution in [0.1, 0.15) is 22.5 Å². The van der Waals surface area contributed by atoms with Crippen LogP contribution < -0.4 is 10.2 Å². The number of likely N-dealkylation sites (N-methyl/N-ethyl adjacent to an activating group) is 1. The van der Waals surface area contributed by atoms with E-state index in [-0.39, 0.29) is 5.91 Å². The Bertz CT molecular complexity index is 996. The first kappa shape index (κ1) is 19.6. The van der Waals surface area contributed by atoms with Crippen molar-refractivity contribution in [1.82, 2.24) is 9.88 Å². The number of carbonyl (C=O) groups excluding carboxylic acids is 1. The van der Waals surface area contributed by atoms with Crippen molar-refractivity contribution in [3.05, 3.63) is 65.2 Å². The molecule has 150 valence electrons. The molecular formula is C23H26N4OS. The largest absolute Gasteiger partial charge is 0.370 e. The Hall–Kier alpha value is -2.70. The zero-order valence-corrected chi connectivity index (χ0v) is 17.9. The minimum Gasteiger partial charge on any atom is -0.370 e. The summed E-state index contributed by atoms with van der Waals surface area (Å²) in [7, 11) is 4.27. The molecule has 0 aliphatic carbocycles. The van der Waals surface area contributed by atoms with E-state index < -0.39 is 0 Å². The second-order valence-corrected chi connectivity index (χ2v) is 8.56. The van der Waals surface area contributed by atoms with Crippen molar-refractivity contribution >= 4 is 28.6 Å². The van der Waals surface area contributed by atoms with Crippen LogP contribution in [0.3, 0.4) is 0 Å². The van der Waals surface area contributed by atoms with E-state index in [0.717, 1.165) is 34.9 Å². The third-order valence-electron chi connectivity index (χ3n) is 5.50. The molecular weight excluding hydrogens is 380 g/mol. The van der Waals surface area contributed by atoms with Gasteiger partial charge in [0.2, 0.25) is 0 Å². The highest BCUT2D eigenvalue weighted by atomic mass is 32.1. The van der Waals surface area contributed by atoms with Crippen molar-refractivity contribution in [1.29, 1.82) is 0 Å². The average Bonchev–Trinajstić information content (AvgIpc) is 3.39. The first-order chi connectivity index (χ1) is 14.0. The fourth-order valence-electron chi connectivity index (χ4n) is 3.66. The maximum Gasteiger partial charge on any atom is 0.275 e. The fourth-order valence-corrected chi connectivity index (χ4v) is 4.55. The molecule has 0 radical (unpaired) electrons. The number of aromatic nitrogens is 1. The number of amides is 1. The average molecular weight is 407 g/mol. The highest BCUT2D eigenvalue weighted by molar-refractivity contribution is 7.13. The smallest absolute Gasteiger partial charge is 0.275 e. The Balaban J connectivity index is 1.41. The van der Waals surface area contributed by atoms with E-state index in [1.807, 2.05) is 35.7 Å². The predicted molar refractivity (Wildman–Crippen MR) is 121 cm³/mol. The van der Waals surface area contributed by atoms with Crippen molar-refractivity contribution in [2.75, 3.05) is 37.4 Å². The van der Waals surface area contributed by atoms with Gasteiger partial charge in [-0.2, -0.15) is 0 Å². The number of nitrogens with one attached hydrogen (secondary N) is 1. The summed E-state index contributed by atoms with van der Waals surface area (Å²) in [6, 6.07) is 16.8. The van der Waals surface area contributed by atoms with Gasteiger partial charge < -0.3 is 15.1 Å². The highest BCUT2D eigenvalue weighted by Gasteiger charge is 2.24. The molecule has 29 heavy (non-hydrogen) atoms. The van der Waals surface area contributed by atoms with Gasteiger partial charge in [0.15, 0.2) is 0 Å². The Labute approximate surface area is 176 Å². The first-order valence-corrected chi connectivity index (χ1v) is 10.7. The Kier molecular flexibility index (Phi) is 5.65. The molecule has 0 spiro atoms. The molecule has 1 N–H and O–H groups in total. The van der Waals surface area contributed by atoms with Gasteiger partial charge >= 0.3 is 0 Å². The van der Waals surface area contributed by atoms with Crippen LogP contribution in [-0.2, 0) is 0 Å². The van der Waals surface area contributed by atoms with Gasteiger partial charge in [-0.05, 0) is 57.3 Å². The second kappa shape index (κ2) is 8.35. The number of aryl methyl sites for hydroxylation is 1. The molecule has 1 atom stereocenters. The minimum atomic E-state index is -0.178. The normalized spacial score (nSPS) is 16.4. The molecule has 6 heteroatoms. The van der Waals surface area contributed by atoms with Crippen molar-refractivity contribution in [2.45, 2.75) is 19.4 Å². The number of benzene rings is 2. The summed E-state index contributed by atoms with van der Waals surface area (Å²) < 4.78 is 0. The van der Waals surface area contributed by atoms with Gasteiger partial charge in [-0.1, -0.05) is 24.3 Å². The highest BCUT2D eigenvalue weighted by Crippen LogP contribution is 2.27. The number of rotatable bonds is 5. The van der Waals surface area contributed by atoms with Gasteiger partial charge in [-0.25, -0.2) is 4.98 Å². The summed E-state index contributed by atoms with van der Waals surface area (Å²) in [5, 5.41) is 5.65. The molecule has 5 nitrogen and oxygen atoms in total. The predicted octanol–water partition coefficient (Wildman–Crippen LogP) is 4.51. The molecule has 0 bridgehead atoms. The molecule has 1 aliphatic rings. The molecule has 4 rings (SSSR count). The van der Waals surface area contributed by atoms with E-state index in [0.29, 0.717) is 11.7 Å². The van der Waals surface area contributed by atoms with Crippen LogP contribution >= 0.6 is 11.3 Å². The number of thiazole rings is 1. The minimum absolute atomic E-state index is 0.178. The lowest BCUT2D eigenvalue weighted by Gasteiger charge is -2.22. The number of hydrogen-bond donors (Lipinski definition) is 1. The number of carbonyl (C=O) groups is 1. The van der Waals surface area contributed by atoms with Gasteiger partial charge in [-0.15, -0.1) is 11.3 Å². The third kappa shape index (κ3) is 4.33. The molecule has 2 aromatic carbocycles. The zero-order chi connectivity index (χ0) is 20.4.